The van der Waals surface area contributed by atoms with Gasteiger partial charge in [-0.25, -0.2) is 0 Å². The fourth-order valence-electron chi connectivity index (χ4n) is 2.49. The first-order valence-corrected chi connectivity index (χ1v) is 8.88. The summed E-state index contributed by atoms with van der Waals surface area (Å²) in [6.07, 6.45) is 2.49. The quantitative estimate of drug-likeness (QED) is 0.758. The molecule has 1 saturated carbocycles. The summed E-state index contributed by atoms with van der Waals surface area (Å²) in [5, 5.41) is 10.9. The molecular formula is C16H13N3O2S2. The van der Waals surface area contributed by atoms with Gasteiger partial charge in [0.05, 0.1) is 12.0 Å². The fraction of sp³-hybridized carbons (Fsp3) is 0.188. The van der Waals surface area contributed by atoms with Crippen LogP contribution in [0.15, 0.2) is 61.8 Å². The van der Waals surface area contributed by atoms with E-state index >= 15 is 0 Å². The largest absolute Gasteiger partial charge is 0.469 e. The van der Waals surface area contributed by atoms with Crippen molar-refractivity contribution in [1.29, 1.82) is 0 Å². The molecule has 1 N–H and O–H groups in total. The van der Waals surface area contributed by atoms with E-state index in [-0.39, 0.29) is 17.7 Å². The summed E-state index contributed by atoms with van der Waals surface area (Å²) in [7, 11) is 0. The van der Waals surface area contributed by atoms with E-state index in [4.69, 9.17) is 4.42 Å². The standard InChI is InChI=1S/C16H13N3O2S2/c20-15(11-8-10(11)13-5-3-7-21-13)18-12-4-1-2-6-14(12)23-16-19-17-9-22-16/h1-7,9-11H,8H2,(H,18,20)/t10-,11+/m1/s1. The van der Waals surface area contributed by atoms with Gasteiger partial charge in [-0.05, 0) is 30.7 Å². The molecule has 1 amide bonds. The Kier molecular flexibility index (Phi) is 3.88. The summed E-state index contributed by atoms with van der Waals surface area (Å²) in [5.41, 5.74) is 2.50. The van der Waals surface area contributed by atoms with Gasteiger partial charge in [0, 0.05) is 16.7 Å². The highest BCUT2D eigenvalue weighted by Gasteiger charge is 2.45. The molecule has 2 aromatic heterocycles. The van der Waals surface area contributed by atoms with Gasteiger partial charge in [0.1, 0.15) is 11.3 Å². The van der Waals surface area contributed by atoms with Crippen LogP contribution in [0.25, 0.3) is 0 Å². The summed E-state index contributed by atoms with van der Waals surface area (Å²) in [6, 6.07) is 11.5. The number of aromatic nitrogens is 2. The lowest BCUT2D eigenvalue weighted by molar-refractivity contribution is -0.117. The predicted molar refractivity (Wildman–Crippen MR) is 88.7 cm³/mol. The molecule has 0 aliphatic heterocycles. The zero-order valence-electron chi connectivity index (χ0n) is 12.0. The molecule has 0 spiro atoms. The first-order valence-electron chi connectivity index (χ1n) is 7.18. The number of amides is 1. The van der Waals surface area contributed by atoms with Crippen LogP contribution in [0.3, 0.4) is 0 Å². The highest BCUT2D eigenvalue weighted by atomic mass is 32.2. The SMILES string of the molecule is O=C(Nc1ccccc1Sc1nncs1)[C@H]1C[C@H]1c1ccco1. The number of anilines is 1. The smallest absolute Gasteiger partial charge is 0.228 e. The first kappa shape index (κ1) is 14.5. The van der Waals surface area contributed by atoms with E-state index in [0.29, 0.717) is 0 Å². The lowest BCUT2D eigenvalue weighted by Crippen LogP contribution is -2.15. The molecule has 0 radical (unpaired) electrons. The van der Waals surface area contributed by atoms with Gasteiger partial charge < -0.3 is 9.73 Å². The zero-order valence-corrected chi connectivity index (χ0v) is 13.6. The van der Waals surface area contributed by atoms with E-state index in [1.165, 1.54) is 23.1 Å². The zero-order chi connectivity index (χ0) is 15.6. The summed E-state index contributed by atoms with van der Waals surface area (Å²) >= 11 is 2.98. The molecule has 4 rings (SSSR count). The van der Waals surface area contributed by atoms with E-state index < -0.39 is 0 Å². The molecule has 0 bridgehead atoms. The topological polar surface area (TPSA) is 68.0 Å². The molecule has 2 atom stereocenters. The molecule has 0 saturated heterocycles. The molecule has 5 nitrogen and oxygen atoms in total. The average Bonchev–Trinajstić information content (AvgIpc) is 2.97. The molecule has 116 valence electrons. The van der Waals surface area contributed by atoms with Crippen LogP contribution in [0, 0.1) is 5.92 Å². The maximum absolute atomic E-state index is 12.4. The monoisotopic (exact) mass is 343 g/mol. The molecule has 7 heteroatoms. The van der Waals surface area contributed by atoms with Gasteiger partial charge in [-0.2, -0.15) is 0 Å². The Morgan fingerprint density at radius 2 is 2.22 bits per heavy atom. The molecule has 1 aromatic carbocycles. The van der Waals surface area contributed by atoms with Gasteiger partial charge in [0.2, 0.25) is 5.91 Å². The predicted octanol–water partition coefficient (Wildman–Crippen LogP) is 4.02. The minimum absolute atomic E-state index is 0.0132. The van der Waals surface area contributed by atoms with Gasteiger partial charge >= 0.3 is 0 Å². The number of rotatable bonds is 5. The molecule has 0 unspecified atom stereocenters. The Hall–Kier alpha value is -2.12. The molecule has 1 fully saturated rings. The third-order valence-corrected chi connectivity index (χ3v) is 5.57. The van der Waals surface area contributed by atoms with Gasteiger partial charge in [0.25, 0.3) is 0 Å². The van der Waals surface area contributed by atoms with Crippen molar-refractivity contribution >= 4 is 34.7 Å². The average molecular weight is 343 g/mol. The van der Waals surface area contributed by atoms with E-state index in [0.717, 1.165) is 27.1 Å². The number of carbonyl (C=O) groups is 1. The molecule has 2 heterocycles. The molecular weight excluding hydrogens is 330 g/mol. The van der Waals surface area contributed by atoms with Crippen molar-refractivity contribution in [3.63, 3.8) is 0 Å². The lowest BCUT2D eigenvalue weighted by Gasteiger charge is -2.09. The number of hydrogen-bond acceptors (Lipinski definition) is 6. The maximum Gasteiger partial charge on any atom is 0.228 e. The summed E-state index contributed by atoms with van der Waals surface area (Å²) < 4.78 is 6.24. The van der Waals surface area contributed by atoms with Gasteiger partial charge in [-0.3, -0.25) is 4.79 Å². The van der Waals surface area contributed by atoms with Crippen molar-refractivity contribution in [3.05, 3.63) is 53.9 Å². The minimum Gasteiger partial charge on any atom is -0.469 e. The second kappa shape index (κ2) is 6.17. The van der Waals surface area contributed by atoms with E-state index in [9.17, 15) is 4.79 Å². The maximum atomic E-state index is 12.4. The summed E-state index contributed by atoms with van der Waals surface area (Å²) in [6.45, 7) is 0. The highest BCUT2D eigenvalue weighted by molar-refractivity contribution is 8.01. The molecule has 3 aromatic rings. The second-order valence-electron chi connectivity index (χ2n) is 5.26. The Morgan fingerprint density at radius 3 is 3.00 bits per heavy atom. The summed E-state index contributed by atoms with van der Waals surface area (Å²) in [5.74, 6) is 1.12. The Balaban J connectivity index is 1.46. The number of nitrogens with zero attached hydrogens (tertiary/aromatic N) is 2. The minimum atomic E-state index is -0.0132. The normalized spacial score (nSPS) is 19.5. The third kappa shape index (κ3) is 3.16. The van der Waals surface area contributed by atoms with E-state index in [1.807, 2.05) is 36.4 Å². The van der Waals surface area contributed by atoms with Gasteiger partial charge in [-0.1, -0.05) is 35.2 Å². The molecule has 23 heavy (non-hydrogen) atoms. The van der Waals surface area contributed by atoms with Crippen LogP contribution in [0.4, 0.5) is 5.69 Å². The van der Waals surface area contributed by atoms with Crippen LogP contribution in [-0.2, 0) is 4.79 Å². The van der Waals surface area contributed by atoms with Crippen LogP contribution < -0.4 is 5.32 Å². The van der Waals surface area contributed by atoms with Crippen molar-refractivity contribution in [2.45, 2.75) is 21.6 Å². The Labute approximate surface area is 141 Å². The Morgan fingerprint density at radius 1 is 1.30 bits per heavy atom. The number of nitrogens with one attached hydrogen (secondary N) is 1. The van der Waals surface area contributed by atoms with Crippen molar-refractivity contribution in [2.24, 2.45) is 5.92 Å². The van der Waals surface area contributed by atoms with E-state index in [1.54, 1.807) is 11.8 Å². The molecule has 1 aliphatic carbocycles. The van der Waals surface area contributed by atoms with Crippen LogP contribution in [0.1, 0.15) is 18.1 Å². The van der Waals surface area contributed by atoms with Crippen molar-refractivity contribution in [1.82, 2.24) is 10.2 Å². The fourth-order valence-corrected chi connectivity index (χ4v) is 4.01. The summed E-state index contributed by atoms with van der Waals surface area (Å²) in [4.78, 5) is 13.4. The number of carbonyl (C=O) groups excluding carboxylic acids is 1. The first-order chi connectivity index (χ1) is 11.3. The van der Waals surface area contributed by atoms with Crippen LogP contribution in [-0.4, -0.2) is 16.1 Å². The van der Waals surface area contributed by atoms with Gasteiger partial charge in [-0.15, -0.1) is 10.2 Å². The second-order valence-corrected chi connectivity index (χ2v) is 7.38. The van der Waals surface area contributed by atoms with Crippen LogP contribution in [0.2, 0.25) is 0 Å². The van der Waals surface area contributed by atoms with Crippen LogP contribution >= 0.6 is 23.1 Å². The van der Waals surface area contributed by atoms with Crippen molar-refractivity contribution in [2.75, 3.05) is 5.32 Å². The molecule has 1 aliphatic rings. The van der Waals surface area contributed by atoms with E-state index in [2.05, 4.69) is 15.5 Å². The number of benzene rings is 1. The third-order valence-electron chi connectivity index (χ3n) is 3.72. The Bertz CT molecular complexity index is 803. The lowest BCUT2D eigenvalue weighted by atomic mass is 10.2. The number of hydrogen-bond donors (Lipinski definition) is 1. The highest BCUT2D eigenvalue weighted by Crippen LogP contribution is 2.48. The number of para-hydroxylation sites is 1. The van der Waals surface area contributed by atoms with Crippen molar-refractivity contribution < 1.29 is 9.21 Å². The number of furan rings is 1. The van der Waals surface area contributed by atoms with Gasteiger partial charge in [0.15, 0.2) is 4.34 Å². The van der Waals surface area contributed by atoms with Crippen LogP contribution in [0.5, 0.6) is 0 Å². The van der Waals surface area contributed by atoms with Crippen molar-refractivity contribution in [3.8, 4) is 0 Å².